The Morgan fingerprint density at radius 1 is 1.47 bits per heavy atom. The first kappa shape index (κ1) is 13.8. The lowest BCUT2D eigenvalue weighted by Gasteiger charge is -2.11. The average molecular weight is 237 g/mol. The molecule has 0 unspecified atom stereocenters. The molecule has 0 aromatic carbocycles. The third kappa shape index (κ3) is 5.04. The summed E-state index contributed by atoms with van der Waals surface area (Å²) in [5.41, 5.74) is 1.23. The van der Waals surface area contributed by atoms with Crippen molar-refractivity contribution in [3.63, 3.8) is 0 Å². The van der Waals surface area contributed by atoms with E-state index in [2.05, 4.69) is 35.1 Å². The number of hydrogen-bond donors (Lipinski definition) is 2. The highest BCUT2D eigenvalue weighted by Gasteiger charge is 2.03. The van der Waals surface area contributed by atoms with Crippen LogP contribution in [0.3, 0.4) is 0 Å². The fraction of sp³-hybridized carbons (Fsp3) is 0.615. The zero-order chi connectivity index (χ0) is 12.7. The molecule has 0 aliphatic heterocycles. The van der Waals surface area contributed by atoms with Crippen LogP contribution in [0.15, 0.2) is 18.3 Å². The van der Waals surface area contributed by atoms with Crippen LogP contribution in [0.1, 0.15) is 26.0 Å². The van der Waals surface area contributed by atoms with E-state index in [1.54, 1.807) is 7.05 Å². The summed E-state index contributed by atoms with van der Waals surface area (Å²) in [5.74, 6) is 0.740. The highest BCUT2D eigenvalue weighted by atomic mass is 16.1. The highest BCUT2D eigenvalue weighted by molar-refractivity contribution is 5.75. The van der Waals surface area contributed by atoms with Gasteiger partial charge >= 0.3 is 0 Å². The largest absolute Gasteiger partial charge is 0.359 e. The minimum Gasteiger partial charge on any atom is -0.359 e. The van der Waals surface area contributed by atoms with Crippen molar-refractivity contribution in [3.8, 4) is 0 Å². The van der Waals surface area contributed by atoms with Gasteiger partial charge in [-0.05, 0) is 24.6 Å². The first-order chi connectivity index (χ1) is 8.13. The second kappa shape index (κ2) is 7.12. The molecule has 0 bridgehead atoms. The van der Waals surface area contributed by atoms with Crippen LogP contribution in [0.2, 0.25) is 0 Å². The van der Waals surface area contributed by atoms with E-state index >= 15 is 0 Å². The molecule has 0 aliphatic rings. The zero-order valence-electron chi connectivity index (χ0n) is 11.0. The van der Waals surface area contributed by atoms with Crippen molar-refractivity contribution in [2.45, 2.75) is 33.4 Å². The third-order valence-corrected chi connectivity index (χ3v) is 2.64. The number of hydrogen-bond acceptors (Lipinski definition) is 2. The molecule has 4 nitrogen and oxygen atoms in total. The Labute approximate surface area is 103 Å². The van der Waals surface area contributed by atoms with Crippen LogP contribution in [0.5, 0.6) is 0 Å². The van der Waals surface area contributed by atoms with E-state index in [9.17, 15) is 4.79 Å². The number of nitrogens with zero attached hydrogens (tertiary/aromatic N) is 1. The molecule has 1 heterocycles. The standard InChI is InChI=1S/C13H23N3O/c1-11(2)9-15-10-12-5-4-7-16(12)8-6-13(17)14-3/h4-5,7,11,15H,6,8-10H2,1-3H3,(H,14,17). The first-order valence-electron chi connectivity index (χ1n) is 6.18. The summed E-state index contributed by atoms with van der Waals surface area (Å²) in [6, 6.07) is 4.12. The van der Waals surface area contributed by atoms with E-state index < -0.39 is 0 Å². The van der Waals surface area contributed by atoms with E-state index in [1.165, 1.54) is 5.69 Å². The quantitative estimate of drug-likeness (QED) is 0.752. The Bertz CT molecular complexity index is 344. The lowest BCUT2D eigenvalue weighted by atomic mass is 10.2. The Morgan fingerprint density at radius 2 is 2.24 bits per heavy atom. The van der Waals surface area contributed by atoms with Gasteiger partial charge in [0, 0.05) is 38.4 Å². The fourth-order valence-electron chi connectivity index (χ4n) is 1.66. The van der Waals surface area contributed by atoms with E-state index in [0.29, 0.717) is 12.3 Å². The predicted octanol–water partition coefficient (Wildman–Crippen LogP) is 1.37. The Hall–Kier alpha value is -1.29. The van der Waals surface area contributed by atoms with Gasteiger partial charge in [-0.3, -0.25) is 4.79 Å². The van der Waals surface area contributed by atoms with E-state index in [1.807, 2.05) is 12.3 Å². The maximum absolute atomic E-state index is 11.2. The van der Waals surface area contributed by atoms with Crippen LogP contribution in [-0.2, 0) is 17.9 Å². The minimum atomic E-state index is 0.0831. The number of carbonyl (C=O) groups excluding carboxylic acids is 1. The molecule has 0 atom stereocenters. The summed E-state index contributed by atoms with van der Waals surface area (Å²) in [4.78, 5) is 11.2. The van der Waals surface area contributed by atoms with Gasteiger partial charge in [-0.15, -0.1) is 0 Å². The lowest BCUT2D eigenvalue weighted by Crippen LogP contribution is -2.22. The van der Waals surface area contributed by atoms with Crippen LogP contribution in [-0.4, -0.2) is 24.1 Å². The molecule has 0 saturated carbocycles. The number of aryl methyl sites for hydroxylation is 1. The number of nitrogens with one attached hydrogen (secondary N) is 2. The van der Waals surface area contributed by atoms with Gasteiger partial charge in [0.2, 0.25) is 5.91 Å². The van der Waals surface area contributed by atoms with Crippen molar-refractivity contribution in [3.05, 3.63) is 24.0 Å². The third-order valence-electron chi connectivity index (χ3n) is 2.64. The highest BCUT2D eigenvalue weighted by Crippen LogP contribution is 2.03. The Kier molecular flexibility index (Phi) is 5.77. The molecule has 0 fully saturated rings. The molecule has 1 amide bonds. The molecular formula is C13H23N3O. The number of carbonyl (C=O) groups is 1. The molecular weight excluding hydrogens is 214 g/mol. The smallest absolute Gasteiger partial charge is 0.221 e. The monoisotopic (exact) mass is 237 g/mol. The first-order valence-corrected chi connectivity index (χ1v) is 6.18. The SMILES string of the molecule is CNC(=O)CCn1cccc1CNCC(C)C. The molecule has 0 saturated heterocycles. The van der Waals surface area contributed by atoms with Gasteiger partial charge in [0.1, 0.15) is 0 Å². The summed E-state index contributed by atoms with van der Waals surface area (Å²) in [7, 11) is 1.67. The second-order valence-electron chi connectivity index (χ2n) is 4.64. The number of amides is 1. The average Bonchev–Trinajstić information content (AvgIpc) is 2.73. The van der Waals surface area contributed by atoms with E-state index in [0.717, 1.165) is 19.6 Å². The van der Waals surface area contributed by atoms with E-state index in [-0.39, 0.29) is 5.91 Å². The normalized spacial score (nSPS) is 10.8. The van der Waals surface area contributed by atoms with Crippen molar-refractivity contribution in [2.24, 2.45) is 5.92 Å². The number of rotatable bonds is 7. The van der Waals surface area contributed by atoms with Crippen molar-refractivity contribution < 1.29 is 4.79 Å². The predicted molar refractivity (Wildman–Crippen MR) is 69.7 cm³/mol. The molecule has 1 rings (SSSR count). The zero-order valence-corrected chi connectivity index (χ0v) is 11.0. The van der Waals surface area contributed by atoms with Crippen molar-refractivity contribution >= 4 is 5.91 Å². The summed E-state index contributed by atoms with van der Waals surface area (Å²) < 4.78 is 2.13. The summed E-state index contributed by atoms with van der Waals surface area (Å²) in [5, 5.41) is 6.04. The Balaban J connectivity index is 2.40. The minimum absolute atomic E-state index is 0.0831. The summed E-state index contributed by atoms with van der Waals surface area (Å²) in [6.45, 7) is 7.00. The van der Waals surface area contributed by atoms with Crippen molar-refractivity contribution in [2.75, 3.05) is 13.6 Å². The van der Waals surface area contributed by atoms with Crippen molar-refractivity contribution in [1.29, 1.82) is 0 Å². The fourth-order valence-corrected chi connectivity index (χ4v) is 1.66. The molecule has 17 heavy (non-hydrogen) atoms. The van der Waals surface area contributed by atoms with Gasteiger partial charge in [-0.2, -0.15) is 0 Å². The molecule has 1 aromatic heterocycles. The number of aromatic nitrogens is 1. The van der Waals surface area contributed by atoms with Crippen molar-refractivity contribution in [1.82, 2.24) is 15.2 Å². The van der Waals surface area contributed by atoms with Gasteiger partial charge in [0.15, 0.2) is 0 Å². The lowest BCUT2D eigenvalue weighted by molar-refractivity contribution is -0.120. The van der Waals surface area contributed by atoms with Gasteiger partial charge in [0.25, 0.3) is 0 Å². The maximum Gasteiger partial charge on any atom is 0.221 e. The molecule has 96 valence electrons. The maximum atomic E-state index is 11.2. The molecule has 0 spiro atoms. The molecule has 0 radical (unpaired) electrons. The van der Waals surface area contributed by atoms with Crippen LogP contribution < -0.4 is 10.6 Å². The molecule has 2 N–H and O–H groups in total. The molecule has 0 aliphatic carbocycles. The van der Waals surface area contributed by atoms with Crippen LogP contribution in [0, 0.1) is 5.92 Å². The molecule has 4 heteroatoms. The van der Waals surface area contributed by atoms with Crippen LogP contribution in [0.25, 0.3) is 0 Å². The van der Waals surface area contributed by atoms with Gasteiger partial charge in [0.05, 0.1) is 0 Å². The Morgan fingerprint density at radius 3 is 2.88 bits per heavy atom. The topological polar surface area (TPSA) is 46.1 Å². The van der Waals surface area contributed by atoms with Crippen LogP contribution in [0.4, 0.5) is 0 Å². The van der Waals surface area contributed by atoms with Gasteiger partial charge in [-0.1, -0.05) is 13.8 Å². The second-order valence-corrected chi connectivity index (χ2v) is 4.64. The van der Waals surface area contributed by atoms with Crippen LogP contribution >= 0.6 is 0 Å². The van der Waals surface area contributed by atoms with Gasteiger partial charge < -0.3 is 15.2 Å². The van der Waals surface area contributed by atoms with E-state index in [4.69, 9.17) is 0 Å². The van der Waals surface area contributed by atoms with Gasteiger partial charge in [-0.25, -0.2) is 0 Å². The summed E-state index contributed by atoms with van der Waals surface area (Å²) in [6.07, 6.45) is 2.55. The summed E-state index contributed by atoms with van der Waals surface area (Å²) >= 11 is 0. The molecule has 1 aromatic rings.